The summed E-state index contributed by atoms with van der Waals surface area (Å²) in [6.45, 7) is 0. The monoisotopic (exact) mass is 258 g/mol. The number of methoxy groups -OCH3 is 1. The summed E-state index contributed by atoms with van der Waals surface area (Å²) in [4.78, 5) is 10.8. The van der Waals surface area contributed by atoms with Crippen molar-refractivity contribution in [2.24, 2.45) is 11.5 Å². The average Bonchev–Trinajstić information content (AvgIpc) is 2.16. The summed E-state index contributed by atoms with van der Waals surface area (Å²) in [5.41, 5.74) is 11.3. The quantitative estimate of drug-likeness (QED) is 0.847. The fourth-order valence-corrected chi connectivity index (χ4v) is 1.60. The molecule has 4 nitrogen and oxygen atoms in total. The molecule has 1 atom stereocenters. The van der Waals surface area contributed by atoms with E-state index >= 15 is 0 Å². The molecule has 5 heteroatoms. The van der Waals surface area contributed by atoms with Gasteiger partial charge in [0.1, 0.15) is 11.8 Å². The van der Waals surface area contributed by atoms with Crippen LogP contribution in [0.2, 0.25) is 0 Å². The summed E-state index contributed by atoms with van der Waals surface area (Å²) in [5, 5.41) is 0. The fraction of sp³-hybridized carbons (Fsp3) is 0.222. The molecule has 0 spiro atoms. The number of halogens is 1. The van der Waals surface area contributed by atoms with E-state index in [2.05, 4.69) is 15.9 Å². The second-order valence-corrected chi connectivity index (χ2v) is 3.63. The standard InChI is InChI=1S/C9H11BrN2O2/c1-14-7-3-2-5(4-6(7)10)8(11)9(12)13/h2-4,8H,11H2,1H3,(H2,12,13). The van der Waals surface area contributed by atoms with Crippen molar-refractivity contribution in [3.05, 3.63) is 28.2 Å². The molecule has 4 N–H and O–H groups in total. The second-order valence-electron chi connectivity index (χ2n) is 2.77. The van der Waals surface area contributed by atoms with Crippen LogP contribution in [0.5, 0.6) is 5.75 Å². The van der Waals surface area contributed by atoms with E-state index in [-0.39, 0.29) is 0 Å². The lowest BCUT2D eigenvalue weighted by molar-refractivity contribution is -0.119. The molecule has 0 saturated heterocycles. The molecule has 0 aliphatic heterocycles. The molecule has 1 amide bonds. The Kier molecular flexibility index (Phi) is 3.49. The molecule has 0 aliphatic carbocycles. The maximum Gasteiger partial charge on any atom is 0.238 e. The predicted molar refractivity (Wildman–Crippen MR) is 56.8 cm³/mol. The molecular weight excluding hydrogens is 248 g/mol. The van der Waals surface area contributed by atoms with E-state index in [1.54, 1.807) is 25.3 Å². The Hall–Kier alpha value is -1.07. The Labute approximate surface area is 90.3 Å². The van der Waals surface area contributed by atoms with Crippen LogP contribution in [0.3, 0.4) is 0 Å². The van der Waals surface area contributed by atoms with Crippen LogP contribution in [0.4, 0.5) is 0 Å². The SMILES string of the molecule is COc1ccc(C(N)C(N)=O)cc1Br. The van der Waals surface area contributed by atoms with E-state index in [1.165, 1.54) is 0 Å². The number of hydrogen-bond acceptors (Lipinski definition) is 3. The van der Waals surface area contributed by atoms with Crippen LogP contribution in [0.15, 0.2) is 22.7 Å². The van der Waals surface area contributed by atoms with E-state index in [0.29, 0.717) is 11.3 Å². The molecule has 1 rings (SSSR count). The minimum atomic E-state index is -0.780. The van der Waals surface area contributed by atoms with Gasteiger partial charge in [-0.1, -0.05) is 6.07 Å². The lowest BCUT2D eigenvalue weighted by Gasteiger charge is -2.10. The minimum Gasteiger partial charge on any atom is -0.496 e. The van der Waals surface area contributed by atoms with E-state index in [0.717, 1.165) is 4.47 Å². The van der Waals surface area contributed by atoms with E-state index in [4.69, 9.17) is 16.2 Å². The van der Waals surface area contributed by atoms with Crippen LogP contribution in [0.1, 0.15) is 11.6 Å². The van der Waals surface area contributed by atoms with Crippen molar-refractivity contribution in [2.75, 3.05) is 7.11 Å². The van der Waals surface area contributed by atoms with Gasteiger partial charge in [-0.3, -0.25) is 4.79 Å². The number of carbonyl (C=O) groups excluding carboxylic acids is 1. The van der Waals surface area contributed by atoms with Gasteiger partial charge in [-0.25, -0.2) is 0 Å². The zero-order valence-electron chi connectivity index (χ0n) is 7.66. The van der Waals surface area contributed by atoms with Crippen LogP contribution in [0.25, 0.3) is 0 Å². The van der Waals surface area contributed by atoms with Crippen LogP contribution < -0.4 is 16.2 Å². The highest BCUT2D eigenvalue weighted by molar-refractivity contribution is 9.10. The topological polar surface area (TPSA) is 78.3 Å². The first-order valence-corrected chi connectivity index (χ1v) is 4.74. The highest BCUT2D eigenvalue weighted by Gasteiger charge is 2.13. The van der Waals surface area contributed by atoms with E-state index < -0.39 is 11.9 Å². The maximum atomic E-state index is 10.8. The Morgan fingerprint density at radius 2 is 2.21 bits per heavy atom. The number of hydrogen-bond donors (Lipinski definition) is 2. The average molecular weight is 259 g/mol. The third-order valence-electron chi connectivity index (χ3n) is 1.84. The van der Waals surface area contributed by atoms with Gasteiger partial charge in [0.25, 0.3) is 0 Å². The van der Waals surface area contributed by atoms with Crippen LogP contribution in [-0.2, 0) is 4.79 Å². The summed E-state index contributed by atoms with van der Waals surface area (Å²) in [5.74, 6) is 0.132. The van der Waals surface area contributed by atoms with Gasteiger partial charge in [-0.15, -0.1) is 0 Å². The number of rotatable bonds is 3. The minimum absolute atomic E-state index is 0.554. The van der Waals surface area contributed by atoms with Gasteiger partial charge in [0.15, 0.2) is 0 Å². The van der Waals surface area contributed by atoms with Gasteiger partial charge in [0.05, 0.1) is 11.6 Å². The Morgan fingerprint density at radius 1 is 1.57 bits per heavy atom. The highest BCUT2D eigenvalue weighted by atomic mass is 79.9. The third kappa shape index (κ3) is 2.24. The molecule has 0 saturated carbocycles. The van der Waals surface area contributed by atoms with Crippen LogP contribution in [-0.4, -0.2) is 13.0 Å². The number of nitrogens with two attached hydrogens (primary N) is 2. The maximum absolute atomic E-state index is 10.8. The van der Waals surface area contributed by atoms with Gasteiger partial charge in [0, 0.05) is 0 Å². The number of amides is 1. The first kappa shape index (κ1) is 11.0. The summed E-state index contributed by atoms with van der Waals surface area (Å²) >= 11 is 3.29. The Bertz CT molecular complexity index is 355. The predicted octanol–water partition coefficient (Wildman–Crippen LogP) is 0.943. The first-order chi connectivity index (χ1) is 6.56. The molecule has 14 heavy (non-hydrogen) atoms. The molecule has 76 valence electrons. The number of carbonyl (C=O) groups is 1. The lowest BCUT2D eigenvalue weighted by Crippen LogP contribution is -2.28. The third-order valence-corrected chi connectivity index (χ3v) is 2.46. The smallest absolute Gasteiger partial charge is 0.238 e. The second kappa shape index (κ2) is 4.43. The van der Waals surface area contributed by atoms with Gasteiger partial charge in [0.2, 0.25) is 5.91 Å². The number of ether oxygens (including phenoxy) is 1. The van der Waals surface area contributed by atoms with E-state index in [1.807, 2.05) is 0 Å². The molecule has 1 aromatic carbocycles. The van der Waals surface area contributed by atoms with Gasteiger partial charge >= 0.3 is 0 Å². The van der Waals surface area contributed by atoms with Crippen molar-refractivity contribution in [3.63, 3.8) is 0 Å². The summed E-state index contributed by atoms with van der Waals surface area (Å²) in [6, 6.07) is 4.37. The molecule has 1 aromatic rings. The van der Waals surface area contributed by atoms with Gasteiger partial charge in [-0.2, -0.15) is 0 Å². The zero-order chi connectivity index (χ0) is 10.7. The van der Waals surface area contributed by atoms with Crippen molar-refractivity contribution in [3.8, 4) is 5.75 Å². The van der Waals surface area contributed by atoms with Crippen molar-refractivity contribution < 1.29 is 9.53 Å². The van der Waals surface area contributed by atoms with Gasteiger partial charge in [-0.05, 0) is 33.6 Å². The van der Waals surface area contributed by atoms with Crippen molar-refractivity contribution in [1.82, 2.24) is 0 Å². The number of benzene rings is 1. The summed E-state index contributed by atoms with van der Waals surface area (Å²) in [6.07, 6.45) is 0. The molecular formula is C9H11BrN2O2. The molecule has 0 bridgehead atoms. The largest absolute Gasteiger partial charge is 0.496 e. The Balaban J connectivity index is 3.02. The Morgan fingerprint density at radius 3 is 2.64 bits per heavy atom. The molecule has 0 radical (unpaired) electrons. The van der Waals surface area contributed by atoms with Crippen molar-refractivity contribution in [2.45, 2.75) is 6.04 Å². The fourth-order valence-electron chi connectivity index (χ4n) is 1.04. The first-order valence-electron chi connectivity index (χ1n) is 3.94. The molecule has 0 fully saturated rings. The van der Waals surface area contributed by atoms with Crippen LogP contribution in [0, 0.1) is 0 Å². The van der Waals surface area contributed by atoms with Gasteiger partial charge < -0.3 is 16.2 Å². The molecule has 0 aromatic heterocycles. The summed E-state index contributed by atoms with van der Waals surface area (Å²) < 4.78 is 5.78. The summed E-state index contributed by atoms with van der Waals surface area (Å²) in [7, 11) is 1.56. The lowest BCUT2D eigenvalue weighted by atomic mass is 10.1. The zero-order valence-corrected chi connectivity index (χ0v) is 9.24. The van der Waals surface area contributed by atoms with Crippen LogP contribution >= 0.6 is 15.9 Å². The highest BCUT2D eigenvalue weighted by Crippen LogP contribution is 2.27. The van der Waals surface area contributed by atoms with E-state index in [9.17, 15) is 4.79 Å². The molecule has 1 unspecified atom stereocenters. The van der Waals surface area contributed by atoms with Crippen molar-refractivity contribution in [1.29, 1.82) is 0 Å². The normalized spacial score (nSPS) is 12.2. The molecule has 0 aliphatic rings. The number of primary amides is 1. The molecule has 0 heterocycles. The van der Waals surface area contributed by atoms with Crippen molar-refractivity contribution >= 4 is 21.8 Å².